The van der Waals surface area contributed by atoms with Crippen LogP contribution in [0.1, 0.15) is 17.5 Å². The number of carbonyl (C=O) groups is 1. The molecule has 1 aromatic heterocycles. The molecule has 1 unspecified atom stereocenters. The van der Waals surface area contributed by atoms with E-state index < -0.39 is 17.0 Å². The first-order valence-electron chi connectivity index (χ1n) is 9.47. The molecule has 0 aliphatic carbocycles. The van der Waals surface area contributed by atoms with Crippen LogP contribution in [-0.4, -0.2) is 21.0 Å². The molecule has 2 aromatic carbocycles. The third kappa shape index (κ3) is 3.74. The van der Waals surface area contributed by atoms with Crippen LogP contribution in [0.2, 0.25) is 5.02 Å². The molecule has 3 aromatic rings. The molecule has 2 aliphatic heterocycles. The Kier molecular flexibility index (Phi) is 5.16. The first-order valence-corrected chi connectivity index (χ1v) is 10.8. The summed E-state index contributed by atoms with van der Waals surface area (Å²) in [4.78, 5) is 28.2. The van der Waals surface area contributed by atoms with E-state index in [9.17, 15) is 14.9 Å². The Morgan fingerprint density at radius 1 is 1.16 bits per heavy atom. The monoisotopic (exact) mass is 467 g/mol. The number of amidine groups is 1. The summed E-state index contributed by atoms with van der Waals surface area (Å²) in [6.45, 7) is 0. The Morgan fingerprint density at radius 3 is 2.69 bits per heavy atom. The number of nitrogens with one attached hydrogen (secondary N) is 1. The predicted molar refractivity (Wildman–Crippen MR) is 119 cm³/mol. The lowest BCUT2D eigenvalue weighted by molar-refractivity contribution is -0.402. The number of carbonyl (C=O) groups excluding carboxylic acids is 1. The van der Waals surface area contributed by atoms with E-state index in [0.717, 1.165) is 5.56 Å². The zero-order chi connectivity index (χ0) is 22.2. The number of halogens is 1. The van der Waals surface area contributed by atoms with Gasteiger partial charge in [-0.3, -0.25) is 20.2 Å². The van der Waals surface area contributed by atoms with E-state index in [1.165, 1.54) is 28.9 Å². The van der Waals surface area contributed by atoms with Crippen molar-refractivity contribution in [2.24, 2.45) is 10.1 Å². The SMILES string of the molecule is O=C1NC(SCc2ccc(Cl)cc2)=NN2C1=c1ccccc1=NC2c1ccc([N+](=O)[O-])o1. The van der Waals surface area contributed by atoms with E-state index in [-0.39, 0.29) is 11.7 Å². The van der Waals surface area contributed by atoms with Crippen LogP contribution in [0.5, 0.6) is 0 Å². The van der Waals surface area contributed by atoms with Gasteiger partial charge in [-0.1, -0.05) is 53.7 Å². The molecule has 0 radical (unpaired) electrons. The van der Waals surface area contributed by atoms with E-state index >= 15 is 0 Å². The van der Waals surface area contributed by atoms with Crippen molar-refractivity contribution in [2.75, 3.05) is 0 Å². The average molecular weight is 468 g/mol. The van der Waals surface area contributed by atoms with Crippen molar-refractivity contribution in [3.05, 3.63) is 97.7 Å². The summed E-state index contributed by atoms with van der Waals surface area (Å²) in [7, 11) is 0. The molecule has 0 fully saturated rings. The number of thioether (sulfide) groups is 1. The first kappa shape index (κ1) is 20.3. The van der Waals surface area contributed by atoms with Crippen molar-refractivity contribution in [1.29, 1.82) is 0 Å². The Hall–Kier alpha value is -3.63. The maximum Gasteiger partial charge on any atom is 0.433 e. The van der Waals surface area contributed by atoms with Crippen molar-refractivity contribution < 1.29 is 14.1 Å². The Balaban J connectivity index is 1.54. The molecule has 11 heteroatoms. The molecule has 1 amide bonds. The van der Waals surface area contributed by atoms with Gasteiger partial charge in [0, 0.05) is 16.0 Å². The standard InChI is InChI=1S/C21H14ClN5O4S/c22-13-7-5-12(6-8-13)11-32-21-24-20(28)18-14-3-1-2-4-15(14)23-19(26(18)25-21)16-9-10-17(31-16)27(29)30/h1-10,19H,11H2,(H,24,25,28). The molecule has 0 bridgehead atoms. The van der Waals surface area contributed by atoms with Gasteiger partial charge in [0.1, 0.15) is 10.6 Å². The fourth-order valence-electron chi connectivity index (χ4n) is 3.39. The molecular formula is C21H14ClN5O4S. The molecule has 1 N–H and O–H groups in total. The summed E-state index contributed by atoms with van der Waals surface area (Å²) in [5.41, 5.74) is 1.31. The first-order chi connectivity index (χ1) is 15.5. The number of hydrazone groups is 1. The minimum absolute atomic E-state index is 0.212. The molecule has 32 heavy (non-hydrogen) atoms. The van der Waals surface area contributed by atoms with Gasteiger partial charge in [0.25, 0.3) is 5.91 Å². The quantitative estimate of drug-likeness (QED) is 0.466. The summed E-state index contributed by atoms with van der Waals surface area (Å²) in [5, 5.41) is 22.2. The maximum absolute atomic E-state index is 13.1. The average Bonchev–Trinajstić information content (AvgIpc) is 3.28. The van der Waals surface area contributed by atoms with E-state index in [1.807, 2.05) is 12.1 Å². The number of amides is 1. The van der Waals surface area contributed by atoms with Crippen LogP contribution in [0.25, 0.3) is 5.70 Å². The number of benzene rings is 2. The van der Waals surface area contributed by atoms with Crippen molar-refractivity contribution in [2.45, 2.75) is 11.9 Å². The number of nitrogens with zero attached hydrogens (tertiary/aromatic N) is 4. The van der Waals surface area contributed by atoms with Crippen LogP contribution in [0.3, 0.4) is 0 Å². The Bertz CT molecular complexity index is 1390. The summed E-state index contributed by atoms with van der Waals surface area (Å²) < 4.78 is 5.39. The van der Waals surface area contributed by atoms with Crippen molar-refractivity contribution in [3.63, 3.8) is 0 Å². The van der Waals surface area contributed by atoms with Crippen molar-refractivity contribution in [3.8, 4) is 0 Å². The number of hydrogen-bond donors (Lipinski definition) is 1. The van der Waals surface area contributed by atoms with E-state index in [0.29, 0.717) is 32.2 Å². The van der Waals surface area contributed by atoms with Gasteiger partial charge in [0.05, 0.1) is 11.4 Å². The minimum atomic E-state index is -0.856. The lowest BCUT2D eigenvalue weighted by Gasteiger charge is -2.32. The normalized spacial score (nSPS) is 17.1. The summed E-state index contributed by atoms with van der Waals surface area (Å²) in [6.07, 6.45) is -0.856. The summed E-state index contributed by atoms with van der Waals surface area (Å²) in [5.74, 6) is 0.0268. The van der Waals surface area contributed by atoms with Crippen LogP contribution < -0.4 is 15.9 Å². The van der Waals surface area contributed by atoms with Gasteiger partial charge in [0.2, 0.25) is 6.17 Å². The molecule has 0 spiro atoms. The fraction of sp³-hybridized carbons (Fsp3) is 0.0952. The summed E-state index contributed by atoms with van der Waals surface area (Å²) >= 11 is 7.28. The van der Waals surface area contributed by atoms with Gasteiger partial charge in [-0.05, 0) is 29.8 Å². The lowest BCUT2D eigenvalue weighted by Crippen LogP contribution is -2.50. The number of nitro groups is 1. The highest BCUT2D eigenvalue weighted by Gasteiger charge is 2.36. The van der Waals surface area contributed by atoms with Gasteiger partial charge in [-0.25, -0.2) is 10.0 Å². The topological polar surface area (TPSA) is 113 Å². The smallest absolute Gasteiger partial charge is 0.401 e. The highest BCUT2D eigenvalue weighted by atomic mass is 35.5. The number of hydrogen-bond acceptors (Lipinski definition) is 8. The zero-order valence-corrected chi connectivity index (χ0v) is 17.8. The molecule has 1 atom stereocenters. The third-order valence-corrected chi connectivity index (χ3v) is 6.04. The second-order valence-corrected chi connectivity index (χ2v) is 8.32. The van der Waals surface area contributed by atoms with Gasteiger partial charge in [0.15, 0.2) is 10.9 Å². The van der Waals surface area contributed by atoms with E-state index in [4.69, 9.17) is 16.0 Å². The number of fused-ring (bicyclic) bond motifs is 2. The molecule has 3 heterocycles. The minimum Gasteiger partial charge on any atom is -0.401 e. The predicted octanol–water partition coefficient (Wildman–Crippen LogP) is 2.92. The molecule has 0 saturated carbocycles. The lowest BCUT2D eigenvalue weighted by atomic mass is 10.1. The van der Waals surface area contributed by atoms with Crippen LogP contribution in [-0.2, 0) is 10.5 Å². The summed E-state index contributed by atoms with van der Waals surface area (Å²) in [6, 6.07) is 17.3. The highest BCUT2D eigenvalue weighted by Crippen LogP contribution is 2.33. The highest BCUT2D eigenvalue weighted by molar-refractivity contribution is 8.13. The van der Waals surface area contributed by atoms with Crippen LogP contribution in [0.15, 0.2) is 75.2 Å². The zero-order valence-electron chi connectivity index (χ0n) is 16.3. The Labute approximate surface area is 190 Å². The van der Waals surface area contributed by atoms with E-state index in [1.54, 1.807) is 36.4 Å². The largest absolute Gasteiger partial charge is 0.433 e. The second-order valence-electron chi connectivity index (χ2n) is 6.92. The van der Waals surface area contributed by atoms with Crippen LogP contribution >= 0.6 is 23.4 Å². The third-order valence-electron chi connectivity index (χ3n) is 4.85. The van der Waals surface area contributed by atoms with Gasteiger partial charge in [-0.2, -0.15) is 0 Å². The maximum atomic E-state index is 13.1. The van der Waals surface area contributed by atoms with Gasteiger partial charge >= 0.3 is 5.88 Å². The van der Waals surface area contributed by atoms with Crippen molar-refractivity contribution in [1.82, 2.24) is 10.3 Å². The van der Waals surface area contributed by atoms with Crippen LogP contribution in [0.4, 0.5) is 5.88 Å². The molecule has 0 saturated heterocycles. The molecule has 160 valence electrons. The van der Waals surface area contributed by atoms with E-state index in [2.05, 4.69) is 15.4 Å². The fourth-order valence-corrected chi connectivity index (χ4v) is 4.32. The molecular weight excluding hydrogens is 454 g/mol. The second kappa shape index (κ2) is 8.13. The molecule has 9 nitrogen and oxygen atoms in total. The van der Waals surface area contributed by atoms with Crippen LogP contribution in [0, 0.1) is 10.1 Å². The van der Waals surface area contributed by atoms with Gasteiger partial charge in [-0.15, -0.1) is 5.10 Å². The van der Waals surface area contributed by atoms with Crippen molar-refractivity contribution >= 4 is 46.0 Å². The Morgan fingerprint density at radius 2 is 1.94 bits per heavy atom. The molecule has 2 aliphatic rings. The number of para-hydroxylation sites is 1. The number of furan rings is 1. The number of rotatable bonds is 4. The molecule has 5 rings (SSSR count). The van der Waals surface area contributed by atoms with Gasteiger partial charge < -0.3 is 4.42 Å².